The molecule has 2 rings (SSSR count). The first-order chi connectivity index (χ1) is 9.19. The summed E-state index contributed by atoms with van der Waals surface area (Å²) < 4.78 is 13.6. The van der Waals surface area contributed by atoms with Gasteiger partial charge >= 0.3 is 0 Å². The van der Waals surface area contributed by atoms with E-state index in [1.54, 1.807) is 18.3 Å². The van der Waals surface area contributed by atoms with Gasteiger partial charge in [0, 0.05) is 30.2 Å². The Morgan fingerprint density at radius 1 is 1.21 bits per heavy atom. The van der Waals surface area contributed by atoms with Gasteiger partial charge in [-0.25, -0.2) is 9.37 Å². The van der Waals surface area contributed by atoms with Crippen molar-refractivity contribution in [3.63, 3.8) is 0 Å². The van der Waals surface area contributed by atoms with Crippen LogP contribution in [0.25, 0.3) is 0 Å². The first kappa shape index (κ1) is 13.8. The van der Waals surface area contributed by atoms with E-state index in [1.807, 2.05) is 12.1 Å². The minimum Gasteiger partial charge on any atom is -0.370 e. The van der Waals surface area contributed by atoms with E-state index < -0.39 is 0 Å². The smallest absolute Gasteiger partial charge is 0.137 e. The van der Waals surface area contributed by atoms with Gasteiger partial charge < -0.3 is 10.6 Å². The van der Waals surface area contributed by atoms with E-state index in [-0.39, 0.29) is 5.82 Å². The molecule has 0 aliphatic rings. The van der Waals surface area contributed by atoms with Gasteiger partial charge in [0.2, 0.25) is 0 Å². The van der Waals surface area contributed by atoms with Gasteiger partial charge in [0.05, 0.1) is 4.47 Å². The Kier molecular flexibility index (Phi) is 4.74. The highest BCUT2D eigenvalue weighted by Crippen LogP contribution is 2.23. The quantitative estimate of drug-likeness (QED) is 0.847. The lowest BCUT2D eigenvalue weighted by Crippen LogP contribution is -2.02. The van der Waals surface area contributed by atoms with E-state index in [0.29, 0.717) is 4.47 Å². The number of pyridine rings is 1. The van der Waals surface area contributed by atoms with Crippen molar-refractivity contribution in [1.82, 2.24) is 4.98 Å². The molecule has 0 atom stereocenters. The molecule has 5 heteroatoms. The number of anilines is 3. The molecule has 1 heterocycles. The van der Waals surface area contributed by atoms with E-state index >= 15 is 0 Å². The predicted octanol–water partition coefficient (Wildman–Crippen LogP) is 4.55. The van der Waals surface area contributed by atoms with Gasteiger partial charge in [-0.05, 0) is 46.6 Å². The maximum atomic E-state index is 13.1. The molecule has 1 aromatic carbocycles. The number of hydrogen-bond acceptors (Lipinski definition) is 3. The highest BCUT2D eigenvalue weighted by Gasteiger charge is 2.02. The number of rotatable bonds is 5. The zero-order valence-electron chi connectivity index (χ0n) is 10.6. The first-order valence-corrected chi connectivity index (χ1v) is 6.90. The SMILES string of the molecule is CCCNc1cc(Nc2ccc(F)c(Br)c2)ccn1. The monoisotopic (exact) mass is 323 g/mol. The van der Waals surface area contributed by atoms with Crippen LogP contribution < -0.4 is 10.6 Å². The molecule has 2 aromatic rings. The van der Waals surface area contributed by atoms with Gasteiger partial charge in [-0.3, -0.25) is 0 Å². The average Bonchev–Trinajstić information content (AvgIpc) is 2.41. The molecule has 0 saturated heterocycles. The average molecular weight is 324 g/mol. The van der Waals surface area contributed by atoms with Crippen molar-refractivity contribution in [3.8, 4) is 0 Å². The highest BCUT2D eigenvalue weighted by molar-refractivity contribution is 9.10. The number of hydrogen-bond donors (Lipinski definition) is 2. The lowest BCUT2D eigenvalue weighted by atomic mass is 10.3. The second-order valence-electron chi connectivity index (χ2n) is 4.11. The van der Waals surface area contributed by atoms with Crippen LogP contribution in [0.2, 0.25) is 0 Å². The third-order valence-corrected chi connectivity index (χ3v) is 3.13. The van der Waals surface area contributed by atoms with E-state index in [9.17, 15) is 4.39 Å². The van der Waals surface area contributed by atoms with Crippen molar-refractivity contribution < 1.29 is 4.39 Å². The molecule has 3 nitrogen and oxygen atoms in total. The molecule has 0 saturated carbocycles. The largest absolute Gasteiger partial charge is 0.370 e. The fourth-order valence-electron chi connectivity index (χ4n) is 1.60. The molecule has 0 aliphatic heterocycles. The lowest BCUT2D eigenvalue weighted by molar-refractivity contribution is 0.621. The highest BCUT2D eigenvalue weighted by atomic mass is 79.9. The summed E-state index contributed by atoms with van der Waals surface area (Å²) in [4.78, 5) is 4.23. The van der Waals surface area contributed by atoms with E-state index in [4.69, 9.17) is 0 Å². The Bertz CT molecular complexity index is 560. The Morgan fingerprint density at radius 3 is 2.74 bits per heavy atom. The second-order valence-corrected chi connectivity index (χ2v) is 4.96. The number of nitrogens with zero attached hydrogens (tertiary/aromatic N) is 1. The van der Waals surface area contributed by atoms with Crippen LogP contribution in [0.3, 0.4) is 0 Å². The molecule has 0 spiro atoms. The fourth-order valence-corrected chi connectivity index (χ4v) is 1.98. The van der Waals surface area contributed by atoms with Gasteiger partial charge in [0.25, 0.3) is 0 Å². The molecule has 0 amide bonds. The molecule has 0 aliphatic carbocycles. The van der Waals surface area contributed by atoms with Crippen LogP contribution in [0.4, 0.5) is 21.6 Å². The van der Waals surface area contributed by atoms with E-state index in [2.05, 4.69) is 38.5 Å². The molecule has 0 fully saturated rings. The maximum Gasteiger partial charge on any atom is 0.137 e. The van der Waals surface area contributed by atoms with Crippen LogP contribution in [0.1, 0.15) is 13.3 Å². The summed E-state index contributed by atoms with van der Waals surface area (Å²) in [6.07, 6.45) is 2.78. The standard InChI is InChI=1S/C14H15BrFN3/c1-2-6-17-14-9-11(5-7-18-14)19-10-3-4-13(16)12(15)8-10/h3-5,7-9H,2,6H2,1H3,(H2,17,18,19). The van der Waals surface area contributed by atoms with E-state index in [0.717, 1.165) is 30.2 Å². The lowest BCUT2D eigenvalue weighted by Gasteiger charge is -2.09. The summed E-state index contributed by atoms with van der Waals surface area (Å²) in [7, 11) is 0. The summed E-state index contributed by atoms with van der Waals surface area (Å²) >= 11 is 3.17. The van der Waals surface area contributed by atoms with Crippen molar-refractivity contribution in [3.05, 3.63) is 46.8 Å². The van der Waals surface area contributed by atoms with Crippen molar-refractivity contribution >= 4 is 33.1 Å². The van der Waals surface area contributed by atoms with E-state index in [1.165, 1.54) is 6.07 Å². The molecular weight excluding hydrogens is 309 g/mol. The Morgan fingerprint density at radius 2 is 2.00 bits per heavy atom. The maximum absolute atomic E-state index is 13.1. The summed E-state index contributed by atoms with van der Waals surface area (Å²) in [5, 5.41) is 6.43. The topological polar surface area (TPSA) is 37.0 Å². The molecule has 0 bridgehead atoms. The molecule has 2 N–H and O–H groups in total. The molecular formula is C14H15BrFN3. The first-order valence-electron chi connectivity index (χ1n) is 6.11. The van der Waals surface area contributed by atoms with Crippen LogP contribution in [-0.4, -0.2) is 11.5 Å². The predicted molar refractivity (Wildman–Crippen MR) is 80.4 cm³/mol. The molecule has 1 aromatic heterocycles. The minimum absolute atomic E-state index is 0.273. The number of aromatic nitrogens is 1. The zero-order valence-corrected chi connectivity index (χ0v) is 12.2. The minimum atomic E-state index is -0.273. The number of halogens is 2. The number of nitrogens with one attached hydrogen (secondary N) is 2. The second kappa shape index (κ2) is 6.52. The van der Waals surface area contributed by atoms with Gasteiger partial charge in [-0.2, -0.15) is 0 Å². The third-order valence-electron chi connectivity index (χ3n) is 2.52. The summed E-state index contributed by atoms with van der Waals surface area (Å²) in [6, 6.07) is 8.61. The van der Waals surface area contributed by atoms with Crippen molar-refractivity contribution in [2.24, 2.45) is 0 Å². The van der Waals surface area contributed by atoms with Crippen molar-refractivity contribution in [1.29, 1.82) is 0 Å². The molecule has 0 unspecified atom stereocenters. The third kappa shape index (κ3) is 3.92. The van der Waals surface area contributed by atoms with Gasteiger partial charge in [-0.1, -0.05) is 6.92 Å². The van der Waals surface area contributed by atoms with Crippen molar-refractivity contribution in [2.45, 2.75) is 13.3 Å². The summed E-state index contributed by atoms with van der Waals surface area (Å²) in [6.45, 7) is 2.99. The van der Waals surface area contributed by atoms with Gasteiger partial charge in [0.1, 0.15) is 11.6 Å². The summed E-state index contributed by atoms with van der Waals surface area (Å²) in [5.74, 6) is 0.554. The molecule has 100 valence electrons. The Hall–Kier alpha value is -1.62. The molecule has 0 radical (unpaired) electrons. The summed E-state index contributed by atoms with van der Waals surface area (Å²) in [5.41, 5.74) is 1.73. The van der Waals surface area contributed by atoms with Crippen molar-refractivity contribution in [2.75, 3.05) is 17.2 Å². The zero-order chi connectivity index (χ0) is 13.7. The molecule has 19 heavy (non-hydrogen) atoms. The fraction of sp³-hybridized carbons (Fsp3) is 0.214. The Balaban J connectivity index is 2.11. The van der Waals surface area contributed by atoms with Crippen LogP contribution >= 0.6 is 15.9 Å². The van der Waals surface area contributed by atoms with Crippen LogP contribution in [-0.2, 0) is 0 Å². The van der Waals surface area contributed by atoms with Crippen LogP contribution in [0.5, 0.6) is 0 Å². The Labute approximate surface area is 120 Å². The van der Waals surface area contributed by atoms with Gasteiger partial charge in [-0.15, -0.1) is 0 Å². The normalized spacial score (nSPS) is 10.3. The van der Waals surface area contributed by atoms with Gasteiger partial charge in [0.15, 0.2) is 0 Å². The number of benzene rings is 1. The van der Waals surface area contributed by atoms with Crippen LogP contribution in [0, 0.1) is 5.82 Å². The van der Waals surface area contributed by atoms with Crippen LogP contribution in [0.15, 0.2) is 41.0 Å².